The SMILES string of the molecule is CN(CCNC(=O)c1csc(Nc2cccc([C@H]3CCCN(CC#N)C3)n2)n1)C1CCCC1. The molecule has 176 valence electrons. The zero-order chi connectivity index (χ0) is 23.0. The number of anilines is 2. The summed E-state index contributed by atoms with van der Waals surface area (Å²) >= 11 is 1.40. The lowest BCUT2D eigenvalue weighted by Crippen LogP contribution is -2.37. The minimum absolute atomic E-state index is 0.138. The first-order chi connectivity index (χ1) is 16.1. The first kappa shape index (κ1) is 23.6. The molecule has 0 aromatic carbocycles. The number of piperidine rings is 1. The molecule has 1 aliphatic carbocycles. The Morgan fingerprint density at radius 2 is 2.12 bits per heavy atom. The molecule has 2 N–H and O–H groups in total. The monoisotopic (exact) mass is 467 g/mol. The number of nitrogens with zero attached hydrogens (tertiary/aromatic N) is 5. The zero-order valence-corrected chi connectivity index (χ0v) is 20.1. The van der Waals surface area contributed by atoms with E-state index in [0.29, 0.717) is 35.9 Å². The Morgan fingerprint density at radius 1 is 1.27 bits per heavy atom. The molecule has 4 rings (SSSR count). The molecule has 1 aliphatic heterocycles. The Kier molecular flexibility index (Phi) is 8.26. The number of carbonyl (C=O) groups is 1. The van der Waals surface area contributed by atoms with Gasteiger partial charge in [0.2, 0.25) is 0 Å². The Morgan fingerprint density at radius 3 is 2.94 bits per heavy atom. The second kappa shape index (κ2) is 11.5. The maximum absolute atomic E-state index is 12.5. The summed E-state index contributed by atoms with van der Waals surface area (Å²) in [5, 5.41) is 17.7. The molecule has 0 radical (unpaired) electrons. The van der Waals surface area contributed by atoms with Gasteiger partial charge in [-0.3, -0.25) is 9.69 Å². The van der Waals surface area contributed by atoms with Crippen molar-refractivity contribution in [2.45, 2.75) is 50.5 Å². The van der Waals surface area contributed by atoms with Crippen LogP contribution in [0, 0.1) is 11.3 Å². The summed E-state index contributed by atoms with van der Waals surface area (Å²) < 4.78 is 0. The Bertz CT molecular complexity index is 966. The van der Waals surface area contributed by atoms with E-state index in [2.05, 4.69) is 44.6 Å². The van der Waals surface area contributed by atoms with E-state index in [9.17, 15) is 4.79 Å². The highest BCUT2D eigenvalue weighted by Gasteiger charge is 2.22. The number of pyridine rings is 1. The van der Waals surface area contributed by atoms with E-state index in [1.807, 2.05) is 12.1 Å². The third-order valence-electron chi connectivity index (χ3n) is 6.66. The van der Waals surface area contributed by atoms with Crippen LogP contribution < -0.4 is 10.6 Å². The molecule has 2 fully saturated rings. The summed E-state index contributed by atoms with van der Waals surface area (Å²) in [6.45, 7) is 3.79. The maximum atomic E-state index is 12.5. The highest BCUT2D eigenvalue weighted by atomic mass is 32.1. The van der Waals surface area contributed by atoms with Gasteiger partial charge in [0, 0.05) is 42.7 Å². The van der Waals surface area contributed by atoms with E-state index in [4.69, 9.17) is 10.2 Å². The van der Waals surface area contributed by atoms with Crippen molar-refractivity contribution >= 4 is 28.2 Å². The van der Waals surface area contributed by atoms with E-state index >= 15 is 0 Å². The fourth-order valence-electron chi connectivity index (χ4n) is 4.80. The molecule has 2 aliphatic rings. The summed E-state index contributed by atoms with van der Waals surface area (Å²) in [6.07, 6.45) is 7.31. The number of thiazole rings is 1. The van der Waals surface area contributed by atoms with Crippen LogP contribution in [0.4, 0.5) is 10.9 Å². The van der Waals surface area contributed by atoms with Crippen LogP contribution in [-0.4, -0.2) is 71.5 Å². The van der Waals surface area contributed by atoms with Gasteiger partial charge in [-0.05, 0) is 51.4 Å². The van der Waals surface area contributed by atoms with Gasteiger partial charge in [0.05, 0.1) is 12.6 Å². The molecule has 2 aromatic rings. The fraction of sp³-hybridized carbons (Fsp3) is 0.583. The van der Waals surface area contributed by atoms with Gasteiger partial charge in [0.15, 0.2) is 5.13 Å². The largest absolute Gasteiger partial charge is 0.349 e. The van der Waals surface area contributed by atoms with Gasteiger partial charge in [-0.15, -0.1) is 11.3 Å². The van der Waals surface area contributed by atoms with Gasteiger partial charge in [-0.2, -0.15) is 5.26 Å². The third kappa shape index (κ3) is 6.50. The molecule has 9 heteroatoms. The number of hydrogen-bond acceptors (Lipinski definition) is 8. The van der Waals surface area contributed by atoms with Crippen LogP contribution >= 0.6 is 11.3 Å². The molecule has 1 atom stereocenters. The minimum atomic E-state index is -0.138. The lowest BCUT2D eigenvalue weighted by atomic mass is 9.94. The minimum Gasteiger partial charge on any atom is -0.349 e. The number of hydrogen-bond donors (Lipinski definition) is 2. The van der Waals surface area contributed by atoms with Crippen LogP contribution in [0.1, 0.15) is 60.6 Å². The van der Waals surface area contributed by atoms with E-state index in [1.54, 1.807) is 5.38 Å². The smallest absolute Gasteiger partial charge is 0.270 e. The molecule has 0 spiro atoms. The number of nitriles is 1. The van der Waals surface area contributed by atoms with Gasteiger partial charge >= 0.3 is 0 Å². The molecule has 3 heterocycles. The third-order valence-corrected chi connectivity index (χ3v) is 7.42. The van der Waals surface area contributed by atoms with Crippen LogP contribution in [0.5, 0.6) is 0 Å². The molecule has 1 saturated carbocycles. The number of carbonyl (C=O) groups excluding carboxylic acids is 1. The predicted octanol–water partition coefficient (Wildman–Crippen LogP) is 3.59. The van der Waals surface area contributed by atoms with Crippen LogP contribution in [-0.2, 0) is 0 Å². The topological polar surface area (TPSA) is 97.2 Å². The van der Waals surface area contributed by atoms with Crippen molar-refractivity contribution in [2.24, 2.45) is 0 Å². The van der Waals surface area contributed by atoms with Gasteiger partial charge in [0.1, 0.15) is 11.5 Å². The standard InChI is InChI=1S/C24H33N7OS/c1-30(19-7-2-3-8-19)15-12-26-23(32)21-17-33-24(28-21)29-22-10-4-9-20(27-22)18-6-5-13-31(16-18)14-11-25/h4,9-10,17-19H,2-3,5-8,12-16H2,1H3,(H,26,32)(H,27,28,29)/t18-/m0/s1. The van der Waals surface area contributed by atoms with Crippen molar-refractivity contribution in [3.8, 4) is 6.07 Å². The molecule has 1 saturated heterocycles. The van der Waals surface area contributed by atoms with Gasteiger partial charge < -0.3 is 15.5 Å². The van der Waals surface area contributed by atoms with Crippen molar-refractivity contribution < 1.29 is 4.79 Å². The van der Waals surface area contributed by atoms with Crippen LogP contribution in [0.2, 0.25) is 0 Å². The Labute approximate surface area is 200 Å². The van der Waals surface area contributed by atoms with Crippen LogP contribution in [0.25, 0.3) is 0 Å². The van der Waals surface area contributed by atoms with E-state index in [0.717, 1.165) is 44.0 Å². The molecule has 1 amide bonds. The van der Waals surface area contributed by atoms with Crippen molar-refractivity contribution in [3.05, 3.63) is 35.0 Å². The number of likely N-dealkylation sites (N-methyl/N-ethyl adjacent to an activating group) is 1. The van der Waals surface area contributed by atoms with Crippen molar-refractivity contribution in [2.75, 3.05) is 45.1 Å². The molecular formula is C24H33N7OS. The first-order valence-electron chi connectivity index (χ1n) is 11.9. The van der Waals surface area contributed by atoms with Crippen molar-refractivity contribution in [1.29, 1.82) is 5.26 Å². The van der Waals surface area contributed by atoms with E-state index < -0.39 is 0 Å². The van der Waals surface area contributed by atoms with Crippen LogP contribution in [0.3, 0.4) is 0 Å². The number of amides is 1. The quantitative estimate of drug-likeness (QED) is 0.544. The summed E-state index contributed by atoms with van der Waals surface area (Å²) in [5.74, 6) is 0.916. The predicted molar refractivity (Wildman–Crippen MR) is 131 cm³/mol. The summed E-state index contributed by atoms with van der Waals surface area (Å²) in [5.41, 5.74) is 1.46. The van der Waals surface area contributed by atoms with Gasteiger partial charge in [0.25, 0.3) is 5.91 Å². The summed E-state index contributed by atoms with van der Waals surface area (Å²) in [4.78, 5) is 26.3. The zero-order valence-electron chi connectivity index (χ0n) is 19.3. The van der Waals surface area contributed by atoms with Gasteiger partial charge in [-0.25, -0.2) is 9.97 Å². The van der Waals surface area contributed by atoms with E-state index in [1.165, 1.54) is 37.0 Å². The summed E-state index contributed by atoms with van der Waals surface area (Å²) in [6, 6.07) is 8.87. The molecule has 2 aromatic heterocycles. The number of nitrogens with one attached hydrogen (secondary N) is 2. The van der Waals surface area contributed by atoms with Crippen LogP contribution in [0.15, 0.2) is 23.6 Å². The lowest BCUT2D eigenvalue weighted by molar-refractivity contribution is 0.0943. The maximum Gasteiger partial charge on any atom is 0.270 e. The summed E-state index contributed by atoms with van der Waals surface area (Å²) in [7, 11) is 2.14. The normalized spacial score (nSPS) is 19.5. The molecule has 33 heavy (non-hydrogen) atoms. The Hall–Kier alpha value is -2.54. The number of likely N-dealkylation sites (tertiary alicyclic amines) is 1. The van der Waals surface area contributed by atoms with Gasteiger partial charge in [-0.1, -0.05) is 18.9 Å². The van der Waals surface area contributed by atoms with E-state index in [-0.39, 0.29) is 5.91 Å². The second-order valence-electron chi connectivity index (χ2n) is 9.02. The molecule has 0 unspecified atom stereocenters. The molecular weight excluding hydrogens is 434 g/mol. The van der Waals surface area contributed by atoms with Crippen molar-refractivity contribution in [1.82, 2.24) is 25.1 Å². The Balaban J connectivity index is 1.29. The first-order valence-corrected chi connectivity index (χ1v) is 12.8. The highest BCUT2D eigenvalue weighted by molar-refractivity contribution is 7.14. The average Bonchev–Trinajstić information content (AvgIpc) is 3.52. The molecule has 8 nitrogen and oxygen atoms in total. The average molecular weight is 468 g/mol. The second-order valence-corrected chi connectivity index (χ2v) is 9.88. The fourth-order valence-corrected chi connectivity index (χ4v) is 5.50. The number of rotatable bonds is 9. The van der Waals surface area contributed by atoms with Crippen molar-refractivity contribution in [3.63, 3.8) is 0 Å². The molecule has 0 bridgehead atoms. The highest BCUT2D eigenvalue weighted by Crippen LogP contribution is 2.27. The lowest BCUT2D eigenvalue weighted by Gasteiger charge is -2.30. The number of aromatic nitrogens is 2.